The molecule has 1 rings (SSSR count). The second-order valence-electron chi connectivity index (χ2n) is 3.96. The van der Waals surface area contributed by atoms with Gasteiger partial charge in [-0.3, -0.25) is 4.99 Å². The van der Waals surface area contributed by atoms with Gasteiger partial charge in [0.25, 0.3) is 0 Å². The average Bonchev–Trinajstić information content (AvgIpc) is 2.29. The third-order valence-electron chi connectivity index (χ3n) is 2.31. The Morgan fingerprint density at radius 3 is 2.38 bits per heavy atom. The molecule has 0 aliphatic rings. The number of hydrogen-bond acceptors (Lipinski definition) is 3. The maximum atomic E-state index is 5.84. The van der Waals surface area contributed by atoms with Gasteiger partial charge in [0.15, 0.2) is 5.79 Å². The molecule has 88 valence electrons. The van der Waals surface area contributed by atoms with E-state index in [0.717, 1.165) is 5.56 Å². The lowest BCUT2D eigenvalue weighted by Crippen LogP contribution is -2.29. The first-order valence-electron chi connectivity index (χ1n) is 5.29. The van der Waals surface area contributed by atoms with Crippen molar-refractivity contribution in [2.45, 2.75) is 25.7 Å². The van der Waals surface area contributed by atoms with Gasteiger partial charge in [-0.1, -0.05) is 30.3 Å². The molecule has 1 aromatic rings. The van der Waals surface area contributed by atoms with Crippen LogP contribution >= 0.6 is 0 Å². The number of aliphatic imine (C=N–C) groups is 1. The van der Waals surface area contributed by atoms with Crippen LogP contribution in [0.5, 0.6) is 0 Å². The fraction of sp³-hybridized carbons (Fsp3) is 0.462. The lowest BCUT2D eigenvalue weighted by molar-refractivity contribution is -0.210. The largest absolute Gasteiger partial charge is 0.354 e. The summed E-state index contributed by atoms with van der Waals surface area (Å²) in [4.78, 5) is 4.03. The summed E-state index contributed by atoms with van der Waals surface area (Å²) in [5.41, 5.74) is 1.07. The number of benzene rings is 1. The van der Waals surface area contributed by atoms with Gasteiger partial charge in [0.2, 0.25) is 0 Å². The predicted octanol–water partition coefficient (Wildman–Crippen LogP) is 2.83. The van der Waals surface area contributed by atoms with Crippen LogP contribution in [0.15, 0.2) is 35.3 Å². The van der Waals surface area contributed by atoms with Crippen LogP contribution in [-0.4, -0.2) is 26.2 Å². The topological polar surface area (TPSA) is 30.8 Å². The highest BCUT2D eigenvalue weighted by molar-refractivity contribution is 5.65. The van der Waals surface area contributed by atoms with E-state index in [1.807, 2.05) is 44.2 Å². The Morgan fingerprint density at radius 1 is 1.25 bits per heavy atom. The Labute approximate surface area is 97.1 Å². The van der Waals surface area contributed by atoms with Crippen LogP contribution in [0.1, 0.15) is 25.5 Å². The predicted molar refractivity (Wildman–Crippen MR) is 65.8 cm³/mol. The molecule has 0 aliphatic carbocycles. The van der Waals surface area contributed by atoms with Crippen molar-refractivity contribution in [2.24, 2.45) is 4.99 Å². The lowest BCUT2D eigenvalue weighted by atomic mass is 10.1. The van der Waals surface area contributed by atoms with Crippen LogP contribution in [-0.2, 0) is 9.47 Å². The minimum Gasteiger partial charge on any atom is -0.354 e. The van der Waals surface area contributed by atoms with E-state index in [-0.39, 0.29) is 6.10 Å². The zero-order chi connectivity index (χ0) is 12.0. The van der Waals surface area contributed by atoms with Crippen molar-refractivity contribution < 1.29 is 9.47 Å². The van der Waals surface area contributed by atoms with E-state index in [9.17, 15) is 0 Å². The third kappa shape index (κ3) is 3.76. The van der Waals surface area contributed by atoms with Gasteiger partial charge >= 0.3 is 0 Å². The Morgan fingerprint density at radius 2 is 1.88 bits per heavy atom. The van der Waals surface area contributed by atoms with E-state index >= 15 is 0 Å². The summed E-state index contributed by atoms with van der Waals surface area (Å²) >= 11 is 0. The molecule has 16 heavy (non-hydrogen) atoms. The van der Waals surface area contributed by atoms with Crippen molar-refractivity contribution in [2.75, 3.05) is 14.2 Å². The fourth-order valence-electron chi connectivity index (χ4n) is 1.32. The van der Waals surface area contributed by atoms with Crippen molar-refractivity contribution in [3.05, 3.63) is 35.9 Å². The van der Waals surface area contributed by atoms with Crippen molar-refractivity contribution in [3.8, 4) is 0 Å². The molecule has 3 heteroatoms. The molecule has 0 aliphatic heterocycles. The Balaban J connectivity index is 2.84. The molecule has 0 saturated carbocycles. The maximum Gasteiger partial charge on any atom is 0.163 e. The van der Waals surface area contributed by atoms with E-state index in [4.69, 9.17) is 9.47 Å². The zero-order valence-electron chi connectivity index (χ0n) is 10.3. The SMILES string of the molecule is CN=C[C@H](OC(C)(C)OC)c1ccccc1. The Kier molecular flexibility index (Phi) is 4.65. The van der Waals surface area contributed by atoms with Crippen LogP contribution in [0.2, 0.25) is 0 Å². The first kappa shape index (κ1) is 12.9. The normalized spacial score (nSPS) is 14.2. The number of rotatable bonds is 5. The highest BCUT2D eigenvalue weighted by Crippen LogP contribution is 2.23. The number of hydrogen-bond donors (Lipinski definition) is 0. The van der Waals surface area contributed by atoms with Gasteiger partial charge in [-0.15, -0.1) is 0 Å². The monoisotopic (exact) mass is 221 g/mol. The second-order valence-corrected chi connectivity index (χ2v) is 3.96. The van der Waals surface area contributed by atoms with Crippen molar-refractivity contribution in [3.63, 3.8) is 0 Å². The minimum absolute atomic E-state index is 0.179. The van der Waals surface area contributed by atoms with Crippen molar-refractivity contribution >= 4 is 6.21 Å². The van der Waals surface area contributed by atoms with Crippen molar-refractivity contribution in [1.29, 1.82) is 0 Å². The quantitative estimate of drug-likeness (QED) is 0.565. The smallest absolute Gasteiger partial charge is 0.163 e. The second kappa shape index (κ2) is 5.77. The molecule has 0 bridgehead atoms. The molecule has 0 radical (unpaired) electrons. The van der Waals surface area contributed by atoms with Gasteiger partial charge in [0, 0.05) is 20.4 Å². The molecule has 0 fully saturated rings. The summed E-state index contributed by atoms with van der Waals surface area (Å²) in [5.74, 6) is -0.623. The lowest BCUT2D eigenvalue weighted by Gasteiger charge is -2.27. The molecule has 0 amide bonds. The molecule has 1 aromatic carbocycles. The van der Waals surface area contributed by atoms with Gasteiger partial charge in [-0.05, 0) is 19.4 Å². The standard InChI is InChI=1S/C13H19NO2/c1-13(2,15-4)16-12(10-14-3)11-8-6-5-7-9-11/h5-10,12H,1-4H3/t12-/m0/s1. The first-order chi connectivity index (χ1) is 7.59. The molecule has 0 spiro atoms. The summed E-state index contributed by atoms with van der Waals surface area (Å²) in [6.45, 7) is 3.76. The van der Waals surface area contributed by atoms with E-state index in [0.29, 0.717) is 0 Å². The van der Waals surface area contributed by atoms with Gasteiger partial charge in [0.1, 0.15) is 6.10 Å². The molecule has 3 nitrogen and oxygen atoms in total. The maximum absolute atomic E-state index is 5.84. The number of methoxy groups -OCH3 is 1. The highest BCUT2D eigenvalue weighted by atomic mass is 16.7. The fourth-order valence-corrected chi connectivity index (χ4v) is 1.32. The molecule has 0 saturated heterocycles. The minimum atomic E-state index is -0.623. The zero-order valence-corrected chi connectivity index (χ0v) is 10.3. The van der Waals surface area contributed by atoms with Crippen LogP contribution in [0.4, 0.5) is 0 Å². The Hall–Kier alpha value is -1.19. The van der Waals surface area contributed by atoms with Crippen molar-refractivity contribution in [1.82, 2.24) is 0 Å². The number of ether oxygens (including phenoxy) is 2. The van der Waals surface area contributed by atoms with E-state index in [2.05, 4.69) is 4.99 Å². The van der Waals surface area contributed by atoms with E-state index in [1.165, 1.54) is 0 Å². The van der Waals surface area contributed by atoms with E-state index < -0.39 is 5.79 Å². The molecule has 1 atom stereocenters. The summed E-state index contributed by atoms with van der Waals surface area (Å²) in [6, 6.07) is 9.96. The van der Waals surface area contributed by atoms with Crippen LogP contribution in [0.3, 0.4) is 0 Å². The van der Waals surface area contributed by atoms with Crippen LogP contribution < -0.4 is 0 Å². The van der Waals surface area contributed by atoms with Crippen LogP contribution in [0, 0.1) is 0 Å². The molecule has 0 aromatic heterocycles. The van der Waals surface area contributed by atoms with Gasteiger partial charge in [-0.25, -0.2) is 0 Å². The highest BCUT2D eigenvalue weighted by Gasteiger charge is 2.22. The van der Waals surface area contributed by atoms with Gasteiger partial charge < -0.3 is 9.47 Å². The van der Waals surface area contributed by atoms with Gasteiger partial charge in [0.05, 0.1) is 0 Å². The summed E-state index contributed by atoms with van der Waals surface area (Å²) < 4.78 is 11.1. The summed E-state index contributed by atoms with van der Waals surface area (Å²) in [7, 11) is 3.37. The first-order valence-corrected chi connectivity index (χ1v) is 5.29. The van der Waals surface area contributed by atoms with E-state index in [1.54, 1.807) is 20.4 Å². The average molecular weight is 221 g/mol. The van der Waals surface area contributed by atoms with Crippen LogP contribution in [0.25, 0.3) is 0 Å². The Bertz CT molecular complexity index is 333. The molecule has 0 N–H and O–H groups in total. The third-order valence-corrected chi connectivity index (χ3v) is 2.31. The molecule has 0 unspecified atom stereocenters. The molecule has 0 heterocycles. The molecular formula is C13H19NO2. The van der Waals surface area contributed by atoms with Gasteiger partial charge in [-0.2, -0.15) is 0 Å². The number of nitrogens with zero attached hydrogens (tertiary/aromatic N) is 1. The summed E-state index contributed by atoms with van der Waals surface area (Å²) in [6.07, 6.45) is 1.59. The summed E-state index contributed by atoms with van der Waals surface area (Å²) in [5, 5.41) is 0. The molecular weight excluding hydrogens is 202 g/mol.